The summed E-state index contributed by atoms with van der Waals surface area (Å²) in [6.45, 7) is 3.80. The predicted octanol–water partition coefficient (Wildman–Crippen LogP) is 2.32. The Morgan fingerprint density at radius 1 is 1.47 bits per heavy atom. The van der Waals surface area contributed by atoms with E-state index in [1.54, 1.807) is 12.1 Å². The monoisotopic (exact) mass is 248 g/mol. The maximum absolute atomic E-state index is 11.7. The highest BCUT2D eigenvalue weighted by Gasteiger charge is 2.19. The first-order chi connectivity index (χ1) is 6.52. The second kappa shape index (κ2) is 6.05. The van der Waals surface area contributed by atoms with Crippen molar-refractivity contribution in [1.29, 1.82) is 0 Å². The number of nitrogens with zero attached hydrogens (tertiary/aromatic N) is 1. The van der Waals surface area contributed by atoms with Gasteiger partial charge in [0, 0.05) is 6.20 Å². The van der Waals surface area contributed by atoms with E-state index >= 15 is 0 Å². The molecule has 1 rings (SSSR count). The summed E-state index contributed by atoms with van der Waals surface area (Å²) < 4.78 is 0. The molecule has 1 unspecified atom stereocenters. The van der Waals surface area contributed by atoms with Crippen molar-refractivity contribution in [3.05, 3.63) is 29.0 Å². The lowest BCUT2D eigenvalue weighted by atomic mass is 9.99. The Hall–Kier alpha value is -0.640. The molecule has 0 radical (unpaired) electrons. The molecule has 0 bridgehead atoms. The van der Waals surface area contributed by atoms with Crippen LogP contribution in [-0.4, -0.2) is 16.8 Å². The van der Waals surface area contributed by atoms with E-state index in [9.17, 15) is 4.79 Å². The molecule has 0 aliphatic heterocycles. The number of carbonyl (C=O) groups is 1. The molecule has 0 aliphatic rings. The van der Waals surface area contributed by atoms with Crippen LogP contribution in [0.5, 0.6) is 0 Å². The summed E-state index contributed by atoms with van der Waals surface area (Å²) in [6, 6.07) is 2.73. The molecule has 0 fully saturated rings. The number of ketones is 1. The lowest BCUT2D eigenvalue weighted by molar-refractivity contribution is 0.0935. The van der Waals surface area contributed by atoms with Crippen molar-refractivity contribution >= 4 is 29.8 Å². The molecular formula is C10H14Cl2N2O. The number of halogens is 2. The van der Waals surface area contributed by atoms with E-state index < -0.39 is 6.04 Å². The largest absolute Gasteiger partial charge is 0.321 e. The van der Waals surface area contributed by atoms with Crippen LogP contribution in [0.25, 0.3) is 0 Å². The smallest absolute Gasteiger partial charge is 0.198 e. The highest BCUT2D eigenvalue weighted by atomic mass is 35.5. The van der Waals surface area contributed by atoms with Gasteiger partial charge in [0.25, 0.3) is 0 Å². The Bertz CT molecular complexity index is 325. The number of hydrogen-bond donors (Lipinski definition) is 1. The van der Waals surface area contributed by atoms with Gasteiger partial charge >= 0.3 is 0 Å². The van der Waals surface area contributed by atoms with Crippen LogP contribution >= 0.6 is 24.0 Å². The van der Waals surface area contributed by atoms with Gasteiger partial charge in [-0.15, -0.1) is 12.4 Å². The van der Waals surface area contributed by atoms with Crippen molar-refractivity contribution in [3.63, 3.8) is 0 Å². The van der Waals surface area contributed by atoms with Crippen LogP contribution in [0.1, 0.15) is 24.3 Å². The number of pyridine rings is 1. The second-order valence-corrected chi connectivity index (χ2v) is 3.93. The number of rotatable bonds is 3. The summed E-state index contributed by atoms with van der Waals surface area (Å²) in [5.41, 5.74) is 6.08. The lowest BCUT2D eigenvalue weighted by Crippen LogP contribution is -2.35. The molecule has 0 amide bonds. The van der Waals surface area contributed by atoms with Crippen molar-refractivity contribution in [2.24, 2.45) is 11.7 Å². The first-order valence-corrected chi connectivity index (χ1v) is 4.81. The van der Waals surface area contributed by atoms with Crippen LogP contribution in [0.15, 0.2) is 18.3 Å². The van der Waals surface area contributed by atoms with Gasteiger partial charge in [-0.1, -0.05) is 25.4 Å². The van der Waals surface area contributed by atoms with E-state index in [1.807, 2.05) is 13.8 Å². The van der Waals surface area contributed by atoms with E-state index in [0.717, 1.165) is 0 Å². The van der Waals surface area contributed by atoms with Crippen LogP contribution in [0.3, 0.4) is 0 Å². The molecular weight excluding hydrogens is 235 g/mol. The third kappa shape index (κ3) is 3.78. The summed E-state index contributed by atoms with van der Waals surface area (Å²) in [6.07, 6.45) is 1.45. The number of Topliss-reactive ketones (excluding diaryl/α,β-unsaturated/α-hetero) is 1. The molecule has 1 aromatic heterocycles. The fourth-order valence-corrected chi connectivity index (χ4v) is 1.11. The Kier molecular flexibility index (Phi) is 5.80. The van der Waals surface area contributed by atoms with Gasteiger partial charge in [0.05, 0.1) is 11.1 Å². The van der Waals surface area contributed by atoms with E-state index in [-0.39, 0.29) is 24.1 Å². The van der Waals surface area contributed by atoms with Crippen LogP contribution in [-0.2, 0) is 0 Å². The molecule has 0 saturated carbocycles. The van der Waals surface area contributed by atoms with Crippen LogP contribution < -0.4 is 5.73 Å². The first-order valence-electron chi connectivity index (χ1n) is 4.43. The maximum atomic E-state index is 11.7. The Morgan fingerprint density at radius 3 is 2.47 bits per heavy atom. The zero-order chi connectivity index (χ0) is 10.7. The molecule has 0 spiro atoms. The van der Waals surface area contributed by atoms with Crippen molar-refractivity contribution in [1.82, 2.24) is 4.98 Å². The van der Waals surface area contributed by atoms with Gasteiger partial charge in [0.2, 0.25) is 0 Å². The van der Waals surface area contributed by atoms with Gasteiger partial charge in [-0.05, 0) is 18.1 Å². The zero-order valence-electron chi connectivity index (χ0n) is 8.61. The van der Waals surface area contributed by atoms with Crippen molar-refractivity contribution in [2.75, 3.05) is 0 Å². The molecule has 2 N–H and O–H groups in total. The second-order valence-electron chi connectivity index (χ2n) is 3.50. The van der Waals surface area contributed by atoms with Gasteiger partial charge in [-0.3, -0.25) is 9.78 Å². The molecule has 1 atom stereocenters. The summed E-state index contributed by atoms with van der Waals surface area (Å²) in [4.78, 5) is 15.6. The third-order valence-corrected chi connectivity index (χ3v) is 2.22. The number of hydrogen-bond acceptors (Lipinski definition) is 3. The molecule has 15 heavy (non-hydrogen) atoms. The van der Waals surface area contributed by atoms with E-state index in [4.69, 9.17) is 17.3 Å². The standard InChI is InChI=1S/C10H13ClN2O.ClH/c1-6(2)9(12)10(14)8-4-3-7(11)5-13-8;/h3-6,9H,12H2,1-2H3;1H. The van der Waals surface area contributed by atoms with Crippen LogP contribution in [0, 0.1) is 5.92 Å². The van der Waals surface area contributed by atoms with E-state index in [0.29, 0.717) is 10.7 Å². The first kappa shape index (κ1) is 14.4. The quantitative estimate of drug-likeness (QED) is 0.836. The van der Waals surface area contributed by atoms with Gasteiger partial charge in [-0.25, -0.2) is 0 Å². The maximum Gasteiger partial charge on any atom is 0.198 e. The molecule has 0 aromatic carbocycles. The average Bonchev–Trinajstić information content (AvgIpc) is 2.16. The summed E-state index contributed by atoms with van der Waals surface area (Å²) in [5.74, 6) is -0.0309. The average molecular weight is 249 g/mol. The SMILES string of the molecule is CC(C)C(N)C(=O)c1ccc(Cl)cn1.Cl. The summed E-state index contributed by atoms with van der Waals surface area (Å²) >= 11 is 5.65. The van der Waals surface area contributed by atoms with Gasteiger partial charge < -0.3 is 5.73 Å². The third-order valence-electron chi connectivity index (χ3n) is 2.00. The molecule has 1 aromatic rings. The molecule has 84 valence electrons. The lowest BCUT2D eigenvalue weighted by Gasteiger charge is -2.13. The zero-order valence-corrected chi connectivity index (χ0v) is 10.2. The fraction of sp³-hybridized carbons (Fsp3) is 0.400. The highest BCUT2D eigenvalue weighted by Crippen LogP contribution is 2.10. The predicted molar refractivity (Wildman–Crippen MR) is 63.6 cm³/mol. The number of aromatic nitrogens is 1. The van der Waals surface area contributed by atoms with Gasteiger partial charge in [0.1, 0.15) is 5.69 Å². The van der Waals surface area contributed by atoms with Crippen LogP contribution in [0.2, 0.25) is 5.02 Å². The fourth-order valence-electron chi connectivity index (χ4n) is 0.995. The van der Waals surface area contributed by atoms with E-state index in [1.165, 1.54) is 6.20 Å². The molecule has 1 heterocycles. The molecule has 0 saturated heterocycles. The minimum atomic E-state index is -0.497. The minimum Gasteiger partial charge on any atom is -0.321 e. The Morgan fingerprint density at radius 2 is 2.07 bits per heavy atom. The highest BCUT2D eigenvalue weighted by molar-refractivity contribution is 6.30. The topological polar surface area (TPSA) is 56.0 Å². The summed E-state index contributed by atoms with van der Waals surface area (Å²) in [5, 5.41) is 0.514. The minimum absolute atomic E-state index is 0. The number of nitrogens with two attached hydrogens (primary N) is 1. The van der Waals surface area contributed by atoms with Gasteiger partial charge in [-0.2, -0.15) is 0 Å². The Balaban J connectivity index is 0.00000196. The number of carbonyl (C=O) groups excluding carboxylic acids is 1. The van der Waals surface area contributed by atoms with Crippen molar-refractivity contribution in [2.45, 2.75) is 19.9 Å². The van der Waals surface area contributed by atoms with Crippen molar-refractivity contribution < 1.29 is 4.79 Å². The summed E-state index contributed by atoms with van der Waals surface area (Å²) in [7, 11) is 0. The normalized spacial score (nSPS) is 12.1. The molecule has 3 nitrogen and oxygen atoms in total. The van der Waals surface area contributed by atoms with E-state index in [2.05, 4.69) is 4.98 Å². The van der Waals surface area contributed by atoms with Gasteiger partial charge in [0.15, 0.2) is 5.78 Å². The van der Waals surface area contributed by atoms with Crippen LogP contribution in [0.4, 0.5) is 0 Å². The van der Waals surface area contributed by atoms with Crippen molar-refractivity contribution in [3.8, 4) is 0 Å². The molecule has 0 aliphatic carbocycles. The Labute approximate surface area is 100 Å². The molecule has 5 heteroatoms.